The fourth-order valence-corrected chi connectivity index (χ4v) is 8.55. The van der Waals surface area contributed by atoms with Crippen molar-refractivity contribution >= 4 is 13.7 Å². The summed E-state index contributed by atoms with van der Waals surface area (Å²) in [7, 11) is 1.55. The molecule has 1 amide bonds. The number of carbonyl (C=O) groups is 1. The lowest BCUT2D eigenvalue weighted by Crippen LogP contribution is -2.45. The zero-order valence-corrected chi connectivity index (χ0v) is 45.3. The number of aliphatic hydroxyl groups excluding tert-OH is 1. The van der Waals surface area contributed by atoms with Crippen molar-refractivity contribution in [3.05, 3.63) is 72.9 Å². The van der Waals surface area contributed by atoms with Crippen LogP contribution in [-0.4, -0.2) is 73.4 Å². The predicted octanol–water partition coefficient (Wildman–Crippen LogP) is 16.7. The van der Waals surface area contributed by atoms with Crippen molar-refractivity contribution in [2.24, 2.45) is 0 Å². The number of allylic oxidation sites excluding steroid dienone is 11. The molecule has 0 aromatic carbocycles. The normalized spacial score (nSPS) is 14.6. The maximum atomic E-state index is 12.9. The van der Waals surface area contributed by atoms with E-state index in [0.29, 0.717) is 17.4 Å². The lowest BCUT2D eigenvalue weighted by molar-refractivity contribution is -0.870. The summed E-state index contributed by atoms with van der Waals surface area (Å²) in [4.78, 5) is 23.2. The lowest BCUT2D eigenvalue weighted by Gasteiger charge is -2.25. The Bertz CT molecular complexity index is 1320. The van der Waals surface area contributed by atoms with Crippen molar-refractivity contribution < 1.29 is 32.9 Å². The van der Waals surface area contributed by atoms with E-state index in [9.17, 15) is 19.4 Å². The molecule has 67 heavy (non-hydrogen) atoms. The molecule has 0 aliphatic rings. The number of nitrogens with zero attached hydrogens (tertiary/aromatic N) is 1. The van der Waals surface area contributed by atoms with Crippen molar-refractivity contribution in [3.8, 4) is 0 Å². The van der Waals surface area contributed by atoms with E-state index in [2.05, 4.69) is 79.9 Å². The molecule has 0 heterocycles. The van der Waals surface area contributed by atoms with Gasteiger partial charge < -0.3 is 19.8 Å². The number of phosphoric acid groups is 1. The van der Waals surface area contributed by atoms with Gasteiger partial charge in [0.2, 0.25) is 5.91 Å². The van der Waals surface area contributed by atoms with Crippen LogP contribution in [0.5, 0.6) is 0 Å². The van der Waals surface area contributed by atoms with Crippen LogP contribution in [0.1, 0.15) is 239 Å². The van der Waals surface area contributed by atoms with E-state index in [-0.39, 0.29) is 19.1 Å². The van der Waals surface area contributed by atoms with E-state index in [1.54, 1.807) is 6.08 Å². The summed E-state index contributed by atoms with van der Waals surface area (Å²) in [5, 5.41) is 13.8. The third kappa shape index (κ3) is 51.6. The molecule has 0 aliphatic carbocycles. The van der Waals surface area contributed by atoms with Gasteiger partial charge in [-0.25, -0.2) is 4.57 Å². The molecule has 3 N–H and O–H groups in total. The molecule has 0 saturated heterocycles. The first-order chi connectivity index (χ1) is 32.5. The van der Waals surface area contributed by atoms with Crippen LogP contribution in [0.3, 0.4) is 0 Å². The molecule has 3 unspecified atom stereocenters. The van der Waals surface area contributed by atoms with E-state index in [1.807, 2.05) is 27.2 Å². The van der Waals surface area contributed by atoms with Crippen LogP contribution in [0.25, 0.3) is 0 Å². The van der Waals surface area contributed by atoms with Gasteiger partial charge in [-0.1, -0.05) is 234 Å². The molecule has 0 aliphatic heterocycles. The Hall–Kier alpha value is -2.06. The van der Waals surface area contributed by atoms with Crippen LogP contribution in [0.15, 0.2) is 72.9 Å². The Morgan fingerprint density at radius 3 is 1.37 bits per heavy atom. The van der Waals surface area contributed by atoms with Crippen LogP contribution >= 0.6 is 7.82 Å². The first kappa shape index (κ1) is 64.9. The van der Waals surface area contributed by atoms with Crippen molar-refractivity contribution in [3.63, 3.8) is 0 Å². The molecule has 0 saturated carbocycles. The summed E-state index contributed by atoms with van der Waals surface area (Å²) in [5.74, 6) is -0.187. The monoisotopic (exact) mass is 960 g/mol. The number of rotatable bonds is 50. The number of aliphatic hydroxyl groups is 1. The van der Waals surface area contributed by atoms with E-state index in [1.165, 1.54) is 154 Å². The smallest absolute Gasteiger partial charge is 0.387 e. The highest BCUT2D eigenvalue weighted by Crippen LogP contribution is 2.43. The molecule has 8 nitrogen and oxygen atoms in total. The molecule has 0 fully saturated rings. The second-order valence-electron chi connectivity index (χ2n) is 19.9. The topological polar surface area (TPSA) is 105 Å². The third-order valence-corrected chi connectivity index (χ3v) is 13.1. The highest BCUT2D eigenvalue weighted by Gasteiger charge is 2.27. The zero-order chi connectivity index (χ0) is 49.2. The molecular weight excluding hydrogens is 852 g/mol. The van der Waals surface area contributed by atoms with Crippen molar-refractivity contribution in [1.29, 1.82) is 0 Å². The molecule has 0 rings (SSSR count). The summed E-state index contributed by atoms with van der Waals surface area (Å²) in [6.45, 7) is 4.67. The largest absolute Gasteiger partial charge is 0.472 e. The quantitative estimate of drug-likeness (QED) is 0.0243. The molecule has 9 heteroatoms. The maximum absolute atomic E-state index is 12.9. The first-order valence-electron chi connectivity index (χ1n) is 27.8. The average Bonchev–Trinajstić information content (AvgIpc) is 3.29. The molecule has 0 bridgehead atoms. The van der Waals surface area contributed by atoms with Gasteiger partial charge in [0.05, 0.1) is 39.9 Å². The summed E-state index contributed by atoms with van der Waals surface area (Å²) in [6, 6.07) is -0.863. The Balaban J connectivity index is 4.02. The van der Waals surface area contributed by atoms with Gasteiger partial charge in [0, 0.05) is 6.42 Å². The number of hydrogen-bond donors (Lipinski definition) is 3. The molecular formula is C58H108N2O6P+. The predicted molar refractivity (Wildman–Crippen MR) is 290 cm³/mol. The van der Waals surface area contributed by atoms with Crippen molar-refractivity contribution in [1.82, 2.24) is 5.32 Å². The van der Waals surface area contributed by atoms with E-state index < -0.39 is 20.0 Å². The van der Waals surface area contributed by atoms with Gasteiger partial charge in [-0.3, -0.25) is 13.8 Å². The second kappa shape index (κ2) is 48.9. The minimum absolute atomic E-state index is 0.0552. The summed E-state index contributed by atoms with van der Waals surface area (Å²) in [5.41, 5.74) is 0. The third-order valence-electron chi connectivity index (χ3n) is 12.2. The van der Waals surface area contributed by atoms with Gasteiger partial charge in [0.25, 0.3) is 0 Å². The summed E-state index contributed by atoms with van der Waals surface area (Å²) >= 11 is 0. The fraction of sp³-hybridized carbons (Fsp3) is 0.776. The molecule has 0 aromatic heterocycles. The Labute approximate surface area is 414 Å². The standard InChI is InChI=1S/C58H107N2O6P/c1-6-8-10-12-14-16-18-20-21-22-23-24-25-26-27-28-29-30-31-32-33-34-35-36-37-38-39-40-42-44-46-48-50-52-58(62)59-56(55-66-67(63,64)65-54-53-60(3,4)5)57(61)51-49-47-45-43-41-19-17-15-13-11-9-7-2/h8,10,14,16,20-21,23-24,41,43,49,51,56-57,61H,6-7,9,11-13,15,17-19,22,25-40,42,44-48,50,52-55H2,1-5H3,(H-,59,62,63,64)/p+1/b10-8-,16-14-,21-20-,24-23-,43-41+,51-49+. The summed E-state index contributed by atoms with van der Waals surface area (Å²) in [6.07, 6.45) is 67.3. The number of likely N-dealkylation sites (N-methyl/N-ethyl adjacent to an activating group) is 1. The zero-order valence-electron chi connectivity index (χ0n) is 44.4. The minimum Gasteiger partial charge on any atom is -0.387 e. The van der Waals surface area contributed by atoms with Crippen LogP contribution in [0.4, 0.5) is 0 Å². The number of quaternary nitrogens is 1. The summed E-state index contributed by atoms with van der Waals surface area (Å²) < 4.78 is 23.6. The Kier molecular flexibility index (Phi) is 47.4. The number of unbranched alkanes of at least 4 members (excludes halogenated alkanes) is 27. The SMILES string of the molecule is CC/C=C\C/C=C\C/C=C\C/C=C\CCCCCCCCCCCCCCCCCCCCCCC(=O)NC(COP(=O)(O)OCC[N+](C)(C)C)C(O)/C=C/CC/C=C/CCCCCCCC. The van der Waals surface area contributed by atoms with Crippen LogP contribution in [0.2, 0.25) is 0 Å². The van der Waals surface area contributed by atoms with Gasteiger partial charge in [-0.05, 0) is 70.6 Å². The van der Waals surface area contributed by atoms with Gasteiger partial charge in [-0.15, -0.1) is 0 Å². The molecule has 0 radical (unpaired) electrons. The maximum Gasteiger partial charge on any atom is 0.472 e. The van der Waals surface area contributed by atoms with Crippen molar-refractivity contribution in [2.45, 2.75) is 251 Å². The average molecular weight is 960 g/mol. The van der Waals surface area contributed by atoms with Crippen molar-refractivity contribution in [2.75, 3.05) is 40.9 Å². The number of amides is 1. The Morgan fingerprint density at radius 1 is 0.522 bits per heavy atom. The highest BCUT2D eigenvalue weighted by molar-refractivity contribution is 7.47. The van der Waals surface area contributed by atoms with Crippen LogP contribution < -0.4 is 5.32 Å². The van der Waals surface area contributed by atoms with Gasteiger partial charge in [-0.2, -0.15) is 0 Å². The molecule has 3 atom stereocenters. The minimum atomic E-state index is -4.35. The number of carbonyl (C=O) groups excluding carboxylic acids is 1. The number of phosphoric ester groups is 1. The van der Waals surface area contributed by atoms with Crippen LogP contribution in [-0.2, 0) is 18.4 Å². The van der Waals surface area contributed by atoms with E-state index >= 15 is 0 Å². The molecule has 0 spiro atoms. The van der Waals surface area contributed by atoms with Crippen LogP contribution in [0, 0.1) is 0 Å². The number of nitrogens with one attached hydrogen (secondary N) is 1. The van der Waals surface area contributed by atoms with E-state index in [4.69, 9.17) is 9.05 Å². The van der Waals surface area contributed by atoms with E-state index in [0.717, 1.165) is 64.2 Å². The molecule has 0 aromatic rings. The second-order valence-corrected chi connectivity index (χ2v) is 21.4. The first-order valence-corrected chi connectivity index (χ1v) is 29.3. The van der Waals surface area contributed by atoms with Gasteiger partial charge >= 0.3 is 7.82 Å². The lowest BCUT2D eigenvalue weighted by atomic mass is 10.0. The highest BCUT2D eigenvalue weighted by atomic mass is 31.2. The van der Waals surface area contributed by atoms with Gasteiger partial charge in [0.15, 0.2) is 0 Å². The van der Waals surface area contributed by atoms with Gasteiger partial charge in [0.1, 0.15) is 13.2 Å². The number of hydrogen-bond acceptors (Lipinski definition) is 5. The Morgan fingerprint density at radius 2 is 0.910 bits per heavy atom. The fourth-order valence-electron chi connectivity index (χ4n) is 7.81. The molecule has 390 valence electrons.